The van der Waals surface area contributed by atoms with E-state index in [4.69, 9.17) is 0 Å². The molecular formula is C17H20O3. The lowest BCUT2D eigenvalue weighted by molar-refractivity contribution is 0.456. The molecule has 0 fully saturated rings. The van der Waals surface area contributed by atoms with E-state index >= 15 is 0 Å². The molecular weight excluding hydrogens is 252 g/mol. The lowest BCUT2D eigenvalue weighted by atomic mass is 9.85. The maximum Gasteiger partial charge on any atom is 0.124 e. The maximum absolute atomic E-state index is 10.1. The molecule has 3 heteroatoms. The molecule has 0 aliphatic rings. The third kappa shape index (κ3) is 2.57. The van der Waals surface area contributed by atoms with Crippen LogP contribution in [0.25, 0.3) is 11.1 Å². The maximum atomic E-state index is 10.1. The van der Waals surface area contributed by atoms with Crippen LogP contribution in [0.5, 0.6) is 17.2 Å². The van der Waals surface area contributed by atoms with Gasteiger partial charge in [0, 0.05) is 11.1 Å². The number of hydrogen-bond donors (Lipinski definition) is 3. The molecule has 20 heavy (non-hydrogen) atoms. The van der Waals surface area contributed by atoms with E-state index in [1.54, 1.807) is 13.0 Å². The van der Waals surface area contributed by atoms with E-state index in [1.807, 2.05) is 12.1 Å². The van der Waals surface area contributed by atoms with Crippen molar-refractivity contribution in [1.82, 2.24) is 0 Å². The topological polar surface area (TPSA) is 60.7 Å². The van der Waals surface area contributed by atoms with Gasteiger partial charge in [-0.15, -0.1) is 0 Å². The number of hydrogen-bond acceptors (Lipinski definition) is 3. The van der Waals surface area contributed by atoms with Gasteiger partial charge in [-0.05, 0) is 47.7 Å². The lowest BCUT2D eigenvalue weighted by Crippen LogP contribution is -2.10. The van der Waals surface area contributed by atoms with Crippen LogP contribution >= 0.6 is 0 Å². The Bertz CT molecular complexity index is 652. The number of phenolic OH excluding ortho intramolecular Hbond substituents is 3. The molecule has 2 aromatic carbocycles. The molecule has 0 amide bonds. The predicted octanol–water partition coefficient (Wildman–Crippen LogP) is 4.08. The van der Waals surface area contributed by atoms with E-state index in [0.717, 1.165) is 5.56 Å². The second-order valence-corrected chi connectivity index (χ2v) is 6.14. The molecule has 2 aromatic rings. The van der Waals surface area contributed by atoms with Gasteiger partial charge in [0.2, 0.25) is 0 Å². The first-order valence-corrected chi connectivity index (χ1v) is 6.56. The summed E-state index contributed by atoms with van der Waals surface area (Å²) >= 11 is 0. The molecule has 106 valence electrons. The first-order valence-electron chi connectivity index (χ1n) is 6.56. The summed E-state index contributed by atoms with van der Waals surface area (Å²) in [5.74, 6) is 0.219. The van der Waals surface area contributed by atoms with Gasteiger partial charge in [-0.2, -0.15) is 0 Å². The van der Waals surface area contributed by atoms with Crippen molar-refractivity contribution in [2.45, 2.75) is 33.1 Å². The van der Waals surface area contributed by atoms with Crippen LogP contribution in [0.3, 0.4) is 0 Å². The summed E-state index contributed by atoms with van der Waals surface area (Å²) in [7, 11) is 0. The van der Waals surface area contributed by atoms with Crippen LogP contribution in [0, 0.1) is 6.92 Å². The van der Waals surface area contributed by atoms with Crippen molar-refractivity contribution in [3.8, 4) is 28.4 Å². The molecule has 0 bridgehead atoms. The van der Waals surface area contributed by atoms with E-state index in [-0.39, 0.29) is 22.7 Å². The van der Waals surface area contributed by atoms with Crippen molar-refractivity contribution >= 4 is 0 Å². The minimum absolute atomic E-state index is 0.0432. The Morgan fingerprint density at radius 2 is 1.35 bits per heavy atom. The van der Waals surface area contributed by atoms with Gasteiger partial charge in [-0.25, -0.2) is 0 Å². The molecule has 0 aliphatic heterocycles. The van der Waals surface area contributed by atoms with Crippen LogP contribution in [0.1, 0.15) is 31.9 Å². The molecule has 0 heterocycles. The van der Waals surface area contributed by atoms with Crippen LogP contribution in [0.2, 0.25) is 0 Å². The first-order chi connectivity index (χ1) is 9.20. The van der Waals surface area contributed by atoms with E-state index in [0.29, 0.717) is 16.7 Å². The van der Waals surface area contributed by atoms with Crippen molar-refractivity contribution in [1.29, 1.82) is 0 Å². The molecule has 0 saturated carbocycles. The van der Waals surface area contributed by atoms with Crippen molar-refractivity contribution in [2.24, 2.45) is 0 Å². The minimum atomic E-state index is -0.0647. The fraction of sp³-hybridized carbons (Fsp3) is 0.294. The Labute approximate surface area is 119 Å². The Kier molecular flexibility index (Phi) is 3.38. The van der Waals surface area contributed by atoms with Crippen LogP contribution in [0.15, 0.2) is 30.3 Å². The van der Waals surface area contributed by atoms with E-state index in [1.165, 1.54) is 12.1 Å². The number of benzene rings is 2. The van der Waals surface area contributed by atoms with Crippen LogP contribution < -0.4 is 0 Å². The Morgan fingerprint density at radius 3 is 1.95 bits per heavy atom. The second-order valence-electron chi connectivity index (χ2n) is 6.14. The third-order valence-corrected chi connectivity index (χ3v) is 3.47. The van der Waals surface area contributed by atoms with Crippen molar-refractivity contribution in [3.63, 3.8) is 0 Å². The third-order valence-electron chi connectivity index (χ3n) is 3.47. The van der Waals surface area contributed by atoms with Gasteiger partial charge in [0.05, 0.1) is 0 Å². The highest BCUT2D eigenvalue weighted by Crippen LogP contribution is 2.40. The van der Waals surface area contributed by atoms with E-state index < -0.39 is 0 Å². The summed E-state index contributed by atoms with van der Waals surface area (Å²) in [6.45, 7) is 7.95. The Hall–Kier alpha value is -2.16. The zero-order valence-electron chi connectivity index (χ0n) is 12.2. The fourth-order valence-electron chi connectivity index (χ4n) is 2.12. The standard InChI is InChI=1S/C17H20O3/c1-10-7-16(20)13(9-15(10)19)12-8-11(17(2,3)4)5-6-14(12)18/h5-9,18-20H,1-4H3. The molecule has 3 N–H and O–H groups in total. The Morgan fingerprint density at radius 1 is 0.750 bits per heavy atom. The molecule has 2 rings (SSSR count). The van der Waals surface area contributed by atoms with Gasteiger partial charge >= 0.3 is 0 Å². The molecule has 0 spiro atoms. The highest BCUT2D eigenvalue weighted by atomic mass is 16.3. The summed E-state index contributed by atoms with van der Waals surface area (Å²) in [6, 6.07) is 8.30. The van der Waals surface area contributed by atoms with Gasteiger partial charge in [0.15, 0.2) is 0 Å². The molecule has 0 saturated heterocycles. The second kappa shape index (κ2) is 4.75. The van der Waals surface area contributed by atoms with Crippen molar-refractivity contribution in [3.05, 3.63) is 41.5 Å². The van der Waals surface area contributed by atoms with Crippen LogP contribution in [0.4, 0.5) is 0 Å². The van der Waals surface area contributed by atoms with Gasteiger partial charge in [-0.1, -0.05) is 26.8 Å². The summed E-state index contributed by atoms with van der Waals surface area (Å²) in [5, 5.41) is 29.9. The summed E-state index contributed by atoms with van der Waals surface area (Å²) in [5.41, 5.74) is 2.52. The van der Waals surface area contributed by atoms with Gasteiger partial charge in [-0.3, -0.25) is 0 Å². The van der Waals surface area contributed by atoms with Gasteiger partial charge in [0.25, 0.3) is 0 Å². The quantitative estimate of drug-likeness (QED) is 0.686. The summed E-state index contributed by atoms with van der Waals surface area (Å²) in [6.07, 6.45) is 0. The zero-order chi connectivity index (χ0) is 15.1. The molecule has 0 aliphatic carbocycles. The average molecular weight is 272 g/mol. The van der Waals surface area contributed by atoms with E-state index in [2.05, 4.69) is 20.8 Å². The van der Waals surface area contributed by atoms with Crippen LogP contribution in [-0.2, 0) is 5.41 Å². The Balaban J connectivity index is 2.66. The van der Waals surface area contributed by atoms with Crippen molar-refractivity contribution < 1.29 is 15.3 Å². The monoisotopic (exact) mass is 272 g/mol. The number of aromatic hydroxyl groups is 3. The zero-order valence-corrected chi connectivity index (χ0v) is 12.2. The highest BCUT2D eigenvalue weighted by molar-refractivity contribution is 5.77. The molecule has 0 aromatic heterocycles. The molecule has 0 unspecified atom stereocenters. The fourth-order valence-corrected chi connectivity index (χ4v) is 2.12. The predicted molar refractivity (Wildman–Crippen MR) is 80.3 cm³/mol. The SMILES string of the molecule is Cc1cc(O)c(-c2cc(C(C)(C)C)ccc2O)cc1O. The molecule has 3 nitrogen and oxygen atoms in total. The minimum Gasteiger partial charge on any atom is -0.508 e. The first kappa shape index (κ1) is 14.3. The highest BCUT2D eigenvalue weighted by Gasteiger charge is 2.18. The normalized spacial score (nSPS) is 11.6. The summed E-state index contributed by atoms with van der Waals surface area (Å²) < 4.78 is 0. The number of aryl methyl sites for hydroxylation is 1. The number of rotatable bonds is 1. The summed E-state index contributed by atoms with van der Waals surface area (Å²) in [4.78, 5) is 0. The van der Waals surface area contributed by atoms with Crippen LogP contribution in [-0.4, -0.2) is 15.3 Å². The van der Waals surface area contributed by atoms with Crippen molar-refractivity contribution in [2.75, 3.05) is 0 Å². The molecule has 0 atom stereocenters. The van der Waals surface area contributed by atoms with E-state index in [9.17, 15) is 15.3 Å². The molecule has 0 radical (unpaired) electrons. The van der Waals surface area contributed by atoms with Gasteiger partial charge in [0.1, 0.15) is 17.2 Å². The average Bonchev–Trinajstić information content (AvgIpc) is 2.33. The smallest absolute Gasteiger partial charge is 0.124 e. The number of phenols is 3. The lowest BCUT2D eigenvalue weighted by Gasteiger charge is -2.20. The van der Waals surface area contributed by atoms with Gasteiger partial charge < -0.3 is 15.3 Å². The largest absolute Gasteiger partial charge is 0.508 e.